The lowest BCUT2D eigenvalue weighted by Gasteiger charge is -1.96. The zero-order valence-corrected chi connectivity index (χ0v) is 10.4. The van der Waals surface area contributed by atoms with E-state index < -0.39 is 0 Å². The molecule has 3 aromatic rings. The maximum absolute atomic E-state index is 4.49. The fourth-order valence-corrected chi connectivity index (χ4v) is 2.50. The molecule has 0 fully saturated rings. The number of fused-ring (bicyclic) bond motifs is 1. The number of aromatic nitrogens is 3. The van der Waals surface area contributed by atoms with Crippen LogP contribution in [0.15, 0.2) is 23.6 Å². The van der Waals surface area contributed by atoms with E-state index in [0.29, 0.717) is 0 Å². The second-order valence-electron chi connectivity index (χ2n) is 3.84. The molecule has 0 atom stereocenters. The van der Waals surface area contributed by atoms with E-state index in [4.69, 9.17) is 0 Å². The summed E-state index contributed by atoms with van der Waals surface area (Å²) in [5, 5.41) is 6.03. The number of hydrogen-bond acceptors (Lipinski definition) is 4. The van der Waals surface area contributed by atoms with Crippen LogP contribution in [0.4, 0.5) is 5.13 Å². The predicted octanol–water partition coefficient (Wildman–Crippen LogP) is 3.04. The molecule has 5 heteroatoms. The summed E-state index contributed by atoms with van der Waals surface area (Å²) < 4.78 is 0. The van der Waals surface area contributed by atoms with Crippen LogP contribution in [-0.2, 0) is 0 Å². The Bertz CT molecular complexity index is 668. The summed E-state index contributed by atoms with van der Waals surface area (Å²) in [6.45, 7) is 1.96. The van der Waals surface area contributed by atoms with Gasteiger partial charge in [0.05, 0.1) is 16.7 Å². The molecule has 2 aromatic heterocycles. The molecule has 3 rings (SSSR count). The van der Waals surface area contributed by atoms with E-state index in [2.05, 4.69) is 37.8 Å². The Morgan fingerprint density at radius 2 is 2.18 bits per heavy atom. The average molecular weight is 244 g/mol. The van der Waals surface area contributed by atoms with E-state index in [1.807, 2.05) is 20.0 Å². The number of aromatic amines is 1. The van der Waals surface area contributed by atoms with Crippen molar-refractivity contribution in [3.63, 3.8) is 0 Å². The maximum atomic E-state index is 4.49. The molecule has 0 radical (unpaired) electrons. The van der Waals surface area contributed by atoms with Crippen LogP contribution in [0.2, 0.25) is 0 Å². The van der Waals surface area contributed by atoms with Gasteiger partial charge < -0.3 is 10.3 Å². The van der Waals surface area contributed by atoms with Gasteiger partial charge in [0.15, 0.2) is 5.13 Å². The second kappa shape index (κ2) is 3.85. The number of benzene rings is 1. The van der Waals surface area contributed by atoms with Crippen molar-refractivity contribution in [3.8, 4) is 11.3 Å². The van der Waals surface area contributed by atoms with Gasteiger partial charge in [-0.15, -0.1) is 11.3 Å². The van der Waals surface area contributed by atoms with Crippen LogP contribution < -0.4 is 5.32 Å². The highest BCUT2D eigenvalue weighted by molar-refractivity contribution is 7.14. The fraction of sp³-hybridized carbons (Fsp3) is 0.167. The third-order valence-electron chi connectivity index (χ3n) is 2.61. The zero-order chi connectivity index (χ0) is 11.8. The largest absolute Gasteiger partial charge is 0.365 e. The molecule has 0 bridgehead atoms. The number of rotatable bonds is 2. The molecule has 0 unspecified atom stereocenters. The summed E-state index contributed by atoms with van der Waals surface area (Å²) in [5.74, 6) is 0.936. The van der Waals surface area contributed by atoms with E-state index in [-0.39, 0.29) is 0 Å². The topological polar surface area (TPSA) is 53.6 Å². The lowest BCUT2D eigenvalue weighted by molar-refractivity contribution is 1.17. The summed E-state index contributed by atoms with van der Waals surface area (Å²) in [7, 11) is 1.88. The Hall–Kier alpha value is -1.88. The van der Waals surface area contributed by atoms with Crippen molar-refractivity contribution in [3.05, 3.63) is 29.4 Å². The number of imidazole rings is 1. The minimum absolute atomic E-state index is 0.931. The van der Waals surface area contributed by atoms with E-state index in [0.717, 1.165) is 33.2 Å². The Labute approximate surface area is 103 Å². The molecule has 0 aliphatic heterocycles. The van der Waals surface area contributed by atoms with E-state index in [1.54, 1.807) is 11.3 Å². The smallest absolute Gasteiger partial charge is 0.182 e. The zero-order valence-electron chi connectivity index (χ0n) is 9.61. The van der Waals surface area contributed by atoms with Crippen molar-refractivity contribution in [1.29, 1.82) is 0 Å². The summed E-state index contributed by atoms with van der Waals surface area (Å²) in [5.41, 5.74) is 4.15. The van der Waals surface area contributed by atoms with Gasteiger partial charge in [-0.05, 0) is 19.1 Å². The molecule has 0 aliphatic carbocycles. The number of nitrogens with one attached hydrogen (secondary N) is 2. The third-order valence-corrected chi connectivity index (χ3v) is 3.47. The van der Waals surface area contributed by atoms with Crippen LogP contribution in [-0.4, -0.2) is 22.0 Å². The van der Waals surface area contributed by atoms with Gasteiger partial charge in [0.25, 0.3) is 0 Å². The van der Waals surface area contributed by atoms with Crippen LogP contribution in [0.3, 0.4) is 0 Å². The molecular weight excluding hydrogens is 232 g/mol. The van der Waals surface area contributed by atoms with Gasteiger partial charge >= 0.3 is 0 Å². The first kappa shape index (κ1) is 10.3. The molecule has 0 amide bonds. The van der Waals surface area contributed by atoms with Crippen molar-refractivity contribution < 1.29 is 0 Å². The standard InChI is InChI=1S/C12H12N4S/c1-7-14-9-4-3-8(5-10(9)15-7)11-6-17-12(13-2)16-11/h3-6H,1-2H3,(H,13,16)(H,14,15). The quantitative estimate of drug-likeness (QED) is 0.728. The monoisotopic (exact) mass is 244 g/mol. The van der Waals surface area contributed by atoms with Gasteiger partial charge in [0.1, 0.15) is 5.82 Å². The highest BCUT2D eigenvalue weighted by Crippen LogP contribution is 2.26. The van der Waals surface area contributed by atoms with Crippen LogP contribution in [0.1, 0.15) is 5.82 Å². The van der Waals surface area contributed by atoms with Crippen molar-refractivity contribution in [2.24, 2.45) is 0 Å². The molecule has 0 saturated carbocycles. The summed E-state index contributed by atoms with van der Waals surface area (Å²) >= 11 is 1.61. The lowest BCUT2D eigenvalue weighted by atomic mass is 10.1. The van der Waals surface area contributed by atoms with Crippen LogP contribution >= 0.6 is 11.3 Å². The Kier molecular flexibility index (Phi) is 2.33. The van der Waals surface area contributed by atoms with Crippen molar-refractivity contribution in [1.82, 2.24) is 15.0 Å². The van der Waals surface area contributed by atoms with Crippen molar-refractivity contribution in [2.45, 2.75) is 6.92 Å². The number of hydrogen-bond donors (Lipinski definition) is 2. The normalized spacial score (nSPS) is 10.9. The molecule has 0 saturated heterocycles. The van der Waals surface area contributed by atoms with Crippen LogP contribution in [0.25, 0.3) is 22.3 Å². The molecule has 2 N–H and O–H groups in total. The molecule has 0 spiro atoms. The fourth-order valence-electron chi connectivity index (χ4n) is 1.82. The SMILES string of the molecule is CNc1nc(-c2ccc3nc(C)[nH]c3c2)cs1. The molecule has 4 nitrogen and oxygen atoms in total. The predicted molar refractivity (Wildman–Crippen MR) is 71.5 cm³/mol. The van der Waals surface area contributed by atoms with Gasteiger partial charge in [0, 0.05) is 18.0 Å². The van der Waals surface area contributed by atoms with E-state index >= 15 is 0 Å². The van der Waals surface area contributed by atoms with Gasteiger partial charge in [-0.3, -0.25) is 0 Å². The molecule has 1 aromatic carbocycles. The first-order valence-corrected chi connectivity index (χ1v) is 6.24. The first-order valence-electron chi connectivity index (χ1n) is 5.36. The van der Waals surface area contributed by atoms with Crippen molar-refractivity contribution in [2.75, 3.05) is 12.4 Å². The number of anilines is 1. The molecule has 2 heterocycles. The summed E-state index contributed by atoms with van der Waals surface area (Å²) in [4.78, 5) is 12.1. The van der Waals surface area contributed by atoms with Gasteiger partial charge in [-0.1, -0.05) is 6.07 Å². The lowest BCUT2D eigenvalue weighted by Crippen LogP contribution is -1.86. The Balaban J connectivity index is 2.10. The number of H-pyrrole nitrogens is 1. The molecule has 17 heavy (non-hydrogen) atoms. The van der Waals surface area contributed by atoms with Crippen LogP contribution in [0.5, 0.6) is 0 Å². The average Bonchev–Trinajstić information content (AvgIpc) is 2.92. The minimum Gasteiger partial charge on any atom is -0.365 e. The highest BCUT2D eigenvalue weighted by Gasteiger charge is 2.06. The molecule has 0 aliphatic rings. The number of nitrogens with zero attached hydrogens (tertiary/aromatic N) is 2. The van der Waals surface area contributed by atoms with Crippen LogP contribution in [0, 0.1) is 6.92 Å². The minimum atomic E-state index is 0.931. The Morgan fingerprint density at radius 3 is 2.94 bits per heavy atom. The summed E-state index contributed by atoms with van der Waals surface area (Å²) in [6, 6.07) is 6.16. The first-order chi connectivity index (χ1) is 8.26. The maximum Gasteiger partial charge on any atom is 0.182 e. The summed E-state index contributed by atoms with van der Waals surface area (Å²) in [6.07, 6.45) is 0. The van der Waals surface area contributed by atoms with Gasteiger partial charge in [0.2, 0.25) is 0 Å². The Morgan fingerprint density at radius 1 is 1.29 bits per heavy atom. The van der Waals surface area contributed by atoms with Crippen molar-refractivity contribution >= 4 is 27.5 Å². The second-order valence-corrected chi connectivity index (χ2v) is 4.70. The van der Waals surface area contributed by atoms with E-state index in [1.165, 1.54) is 0 Å². The number of aryl methyl sites for hydroxylation is 1. The number of thiazole rings is 1. The van der Waals surface area contributed by atoms with Gasteiger partial charge in [-0.25, -0.2) is 9.97 Å². The van der Waals surface area contributed by atoms with E-state index in [9.17, 15) is 0 Å². The molecular formula is C12H12N4S. The highest BCUT2D eigenvalue weighted by atomic mass is 32.1. The third kappa shape index (κ3) is 1.78. The molecule has 86 valence electrons. The van der Waals surface area contributed by atoms with Gasteiger partial charge in [-0.2, -0.15) is 0 Å².